The topological polar surface area (TPSA) is 141 Å². The second-order valence-corrected chi connectivity index (χ2v) is 5.88. The normalized spacial score (nSPS) is 10.3. The Morgan fingerprint density at radius 3 is 2.54 bits per heavy atom. The SMILES string of the molecule is O=C(O)CCCOc1ccc(CNC(=O)Cn2cc([N+](=O)[O-])ccc2=O)cc1. The van der Waals surface area contributed by atoms with Crippen LogP contribution < -0.4 is 15.6 Å². The van der Waals surface area contributed by atoms with Gasteiger partial charge in [-0.3, -0.25) is 29.1 Å². The molecule has 0 saturated carbocycles. The Morgan fingerprint density at radius 2 is 1.89 bits per heavy atom. The number of ether oxygens (including phenoxy) is 1. The van der Waals surface area contributed by atoms with Gasteiger partial charge in [0.2, 0.25) is 5.91 Å². The van der Waals surface area contributed by atoms with Crippen LogP contribution in [0.15, 0.2) is 47.4 Å². The molecule has 1 aromatic heterocycles. The van der Waals surface area contributed by atoms with Crippen molar-refractivity contribution in [2.75, 3.05) is 6.61 Å². The molecule has 2 N–H and O–H groups in total. The number of pyridine rings is 1. The molecule has 0 aliphatic rings. The molecule has 0 spiro atoms. The molecule has 0 fully saturated rings. The van der Waals surface area contributed by atoms with E-state index in [0.29, 0.717) is 18.8 Å². The molecule has 0 bridgehead atoms. The van der Waals surface area contributed by atoms with Crippen molar-refractivity contribution in [3.8, 4) is 5.75 Å². The number of carbonyl (C=O) groups excluding carboxylic acids is 1. The minimum atomic E-state index is -0.873. The van der Waals surface area contributed by atoms with Crippen LogP contribution in [0.4, 0.5) is 5.69 Å². The number of carbonyl (C=O) groups is 2. The number of hydrogen-bond acceptors (Lipinski definition) is 6. The van der Waals surface area contributed by atoms with Crippen LogP contribution in [0, 0.1) is 10.1 Å². The molecule has 0 aliphatic carbocycles. The number of aromatic nitrogens is 1. The van der Waals surface area contributed by atoms with Gasteiger partial charge in [0.1, 0.15) is 12.3 Å². The van der Waals surface area contributed by atoms with Gasteiger partial charge in [0, 0.05) is 25.1 Å². The first-order valence-electron chi connectivity index (χ1n) is 8.40. The number of carboxylic acids is 1. The van der Waals surface area contributed by atoms with E-state index in [1.807, 2.05) is 0 Å². The van der Waals surface area contributed by atoms with Crippen LogP contribution in [0.5, 0.6) is 5.75 Å². The fourth-order valence-electron chi connectivity index (χ4n) is 2.28. The lowest BCUT2D eigenvalue weighted by atomic mass is 10.2. The molecule has 0 radical (unpaired) electrons. The summed E-state index contributed by atoms with van der Waals surface area (Å²) in [6, 6.07) is 9.02. The highest BCUT2D eigenvalue weighted by atomic mass is 16.6. The number of rotatable bonds is 10. The number of aliphatic carboxylic acids is 1. The first kappa shape index (κ1) is 20.6. The van der Waals surface area contributed by atoms with E-state index in [1.165, 1.54) is 0 Å². The largest absolute Gasteiger partial charge is 0.494 e. The van der Waals surface area contributed by atoms with Gasteiger partial charge in [-0.15, -0.1) is 0 Å². The zero-order chi connectivity index (χ0) is 20.5. The van der Waals surface area contributed by atoms with Crippen molar-refractivity contribution in [1.29, 1.82) is 0 Å². The first-order chi connectivity index (χ1) is 13.3. The molecular weight excluding hydrogens is 370 g/mol. The quantitative estimate of drug-likeness (QED) is 0.355. The van der Waals surface area contributed by atoms with Gasteiger partial charge in [-0.25, -0.2) is 0 Å². The third kappa shape index (κ3) is 6.56. The van der Waals surface area contributed by atoms with E-state index in [9.17, 15) is 24.5 Å². The number of nitrogens with zero attached hydrogens (tertiary/aromatic N) is 2. The Morgan fingerprint density at radius 1 is 1.18 bits per heavy atom. The lowest BCUT2D eigenvalue weighted by Gasteiger charge is -2.09. The number of amides is 1. The predicted molar refractivity (Wildman–Crippen MR) is 98.0 cm³/mol. The molecule has 2 aromatic rings. The van der Waals surface area contributed by atoms with E-state index in [0.717, 1.165) is 28.5 Å². The van der Waals surface area contributed by atoms with Crippen molar-refractivity contribution >= 4 is 17.6 Å². The molecule has 0 saturated heterocycles. The highest BCUT2D eigenvalue weighted by Gasteiger charge is 2.10. The molecule has 28 heavy (non-hydrogen) atoms. The monoisotopic (exact) mass is 389 g/mol. The van der Waals surface area contributed by atoms with Gasteiger partial charge in [0.15, 0.2) is 0 Å². The lowest BCUT2D eigenvalue weighted by molar-refractivity contribution is -0.385. The molecule has 1 heterocycles. The molecule has 0 unspecified atom stereocenters. The number of carboxylic acid groups (broad SMARTS) is 1. The van der Waals surface area contributed by atoms with Gasteiger partial charge >= 0.3 is 5.97 Å². The zero-order valence-corrected chi connectivity index (χ0v) is 14.9. The molecule has 148 valence electrons. The highest BCUT2D eigenvalue weighted by Crippen LogP contribution is 2.12. The Kier molecular flexibility index (Phi) is 7.26. The summed E-state index contributed by atoms with van der Waals surface area (Å²) in [5, 5.41) is 21.9. The summed E-state index contributed by atoms with van der Waals surface area (Å²) in [5.74, 6) is -0.748. The summed E-state index contributed by atoms with van der Waals surface area (Å²) in [6.07, 6.45) is 1.47. The third-order valence-electron chi connectivity index (χ3n) is 3.71. The van der Waals surface area contributed by atoms with Crippen molar-refractivity contribution in [2.24, 2.45) is 0 Å². The van der Waals surface area contributed by atoms with Gasteiger partial charge < -0.3 is 15.2 Å². The van der Waals surface area contributed by atoms with E-state index >= 15 is 0 Å². The van der Waals surface area contributed by atoms with Crippen LogP contribution in [0.2, 0.25) is 0 Å². The maximum Gasteiger partial charge on any atom is 0.303 e. The fraction of sp³-hybridized carbons (Fsp3) is 0.278. The molecule has 10 heteroatoms. The summed E-state index contributed by atoms with van der Waals surface area (Å²) in [4.78, 5) is 44.2. The Balaban J connectivity index is 1.83. The molecule has 0 aliphatic heterocycles. The van der Waals surface area contributed by atoms with Crippen LogP contribution in [0.25, 0.3) is 0 Å². The molecule has 0 atom stereocenters. The maximum atomic E-state index is 12.0. The molecular formula is C18H19N3O7. The maximum absolute atomic E-state index is 12.0. The molecule has 1 aromatic carbocycles. The summed E-state index contributed by atoms with van der Waals surface area (Å²) in [6.45, 7) is 0.174. The van der Waals surface area contributed by atoms with Crippen LogP contribution in [-0.4, -0.2) is 33.1 Å². The summed E-state index contributed by atoms with van der Waals surface area (Å²) in [5.41, 5.74) is 0.00844. The molecule has 2 rings (SSSR count). The van der Waals surface area contributed by atoms with E-state index in [1.54, 1.807) is 24.3 Å². The van der Waals surface area contributed by atoms with Crippen molar-refractivity contribution in [2.45, 2.75) is 25.9 Å². The minimum Gasteiger partial charge on any atom is -0.494 e. The summed E-state index contributed by atoms with van der Waals surface area (Å²) in [7, 11) is 0. The van der Waals surface area contributed by atoms with Crippen molar-refractivity contribution in [3.63, 3.8) is 0 Å². The standard InChI is InChI=1S/C18H19N3O7/c22-16(12-20-11-14(21(26)27)5-8-17(20)23)19-10-13-3-6-15(7-4-13)28-9-1-2-18(24)25/h3-8,11H,1-2,9-10,12H2,(H,19,22)(H,24,25). The molecule has 10 nitrogen and oxygen atoms in total. The molecule has 1 amide bonds. The highest BCUT2D eigenvalue weighted by molar-refractivity contribution is 5.75. The van der Waals surface area contributed by atoms with Crippen LogP contribution >= 0.6 is 0 Å². The first-order valence-corrected chi connectivity index (χ1v) is 8.40. The van der Waals surface area contributed by atoms with Crippen LogP contribution in [0.3, 0.4) is 0 Å². The van der Waals surface area contributed by atoms with Gasteiger partial charge in [-0.05, 0) is 24.1 Å². The second kappa shape index (κ2) is 9.86. The van der Waals surface area contributed by atoms with Gasteiger partial charge in [-0.2, -0.15) is 0 Å². The van der Waals surface area contributed by atoms with Crippen molar-refractivity contribution in [1.82, 2.24) is 9.88 Å². The van der Waals surface area contributed by atoms with E-state index in [-0.39, 0.29) is 25.2 Å². The number of nitrogens with one attached hydrogen (secondary N) is 1. The summed E-state index contributed by atoms with van der Waals surface area (Å²) >= 11 is 0. The number of hydrogen-bond donors (Lipinski definition) is 2. The average molecular weight is 389 g/mol. The second-order valence-electron chi connectivity index (χ2n) is 5.88. The van der Waals surface area contributed by atoms with Crippen LogP contribution in [0.1, 0.15) is 18.4 Å². The summed E-state index contributed by atoms with van der Waals surface area (Å²) < 4.78 is 6.39. The number of benzene rings is 1. The Labute approximate surface area is 159 Å². The predicted octanol–water partition coefficient (Wildman–Crippen LogP) is 1.32. The van der Waals surface area contributed by atoms with Gasteiger partial charge in [0.25, 0.3) is 11.2 Å². The third-order valence-corrected chi connectivity index (χ3v) is 3.71. The van der Waals surface area contributed by atoms with Crippen LogP contribution in [-0.2, 0) is 22.7 Å². The van der Waals surface area contributed by atoms with Crippen molar-refractivity contribution < 1.29 is 24.4 Å². The van der Waals surface area contributed by atoms with E-state index in [2.05, 4.69) is 5.32 Å². The van der Waals surface area contributed by atoms with E-state index < -0.39 is 22.4 Å². The average Bonchev–Trinajstić information content (AvgIpc) is 2.66. The Hall–Kier alpha value is -3.69. The Bertz CT molecular complexity index is 906. The zero-order valence-electron chi connectivity index (χ0n) is 14.9. The number of nitro groups is 1. The van der Waals surface area contributed by atoms with Gasteiger partial charge in [-0.1, -0.05) is 12.1 Å². The van der Waals surface area contributed by atoms with E-state index in [4.69, 9.17) is 9.84 Å². The van der Waals surface area contributed by atoms with Crippen molar-refractivity contribution in [3.05, 3.63) is 68.6 Å². The minimum absolute atomic E-state index is 0.0395. The lowest BCUT2D eigenvalue weighted by Crippen LogP contribution is -2.31. The van der Waals surface area contributed by atoms with Gasteiger partial charge in [0.05, 0.1) is 17.7 Å². The smallest absolute Gasteiger partial charge is 0.303 e. The fourth-order valence-corrected chi connectivity index (χ4v) is 2.28.